The van der Waals surface area contributed by atoms with E-state index in [9.17, 15) is 13.2 Å². The highest BCUT2D eigenvalue weighted by atomic mass is 35.5. The van der Waals surface area contributed by atoms with Crippen molar-refractivity contribution in [3.05, 3.63) is 87.9 Å². The van der Waals surface area contributed by atoms with Crippen LogP contribution in [0.5, 0.6) is 5.75 Å². The fraction of sp³-hybridized carbons (Fsp3) is 0.269. The molecule has 0 aliphatic carbocycles. The van der Waals surface area contributed by atoms with Gasteiger partial charge in [0.05, 0.1) is 27.2 Å². The summed E-state index contributed by atoms with van der Waals surface area (Å²) in [6.45, 7) is 5.98. The molecule has 6 nitrogen and oxygen atoms in total. The molecule has 3 rings (SSSR count). The second-order valence-corrected chi connectivity index (χ2v) is 10.9. The summed E-state index contributed by atoms with van der Waals surface area (Å²) in [5.41, 5.74) is 2.11. The van der Waals surface area contributed by atoms with E-state index in [0.29, 0.717) is 5.92 Å². The molecule has 35 heavy (non-hydrogen) atoms. The molecule has 3 aromatic carbocycles. The van der Waals surface area contributed by atoms with Crippen LogP contribution in [0, 0.1) is 6.92 Å². The minimum absolute atomic E-state index is 0.0422. The van der Waals surface area contributed by atoms with E-state index in [1.807, 2.05) is 31.2 Å². The van der Waals surface area contributed by atoms with E-state index >= 15 is 0 Å². The summed E-state index contributed by atoms with van der Waals surface area (Å²) in [7, 11) is -4.10. The number of hydrogen-bond donors (Lipinski definition) is 1. The predicted molar refractivity (Wildman–Crippen MR) is 141 cm³/mol. The largest absolute Gasteiger partial charge is 0.491 e. The Hall–Kier alpha value is -2.74. The minimum atomic E-state index is -4.10. The zero-order valence-corrected chi connectivity index (χ0v) is 22.1. The van der Waals surface area contributed by atoms with Gasteiger partial charge in [0.15, 0.2) is 0 Å². The minimum Gasteiger partial charge on any atom is -0.491 e. The van der Waals surface area contributed by atoms with Gasteiger partial charge in [-0.25, -0.2) is 8.42 Å². The predicted octanol–water partition coefficient (Wildman–Crippen LogP) is 5.82. The van der Waals surface area contributed by atoms with Crippen molar-refractivity contribution >= 4 is 44.8 Å². The van der Waals surface area contributed by atoms with Gasteiger partial charge in [0.1, 0.15) is 18.9 Å². The Morgan fingerprint density at radius 2 is 1.69 bits per heavy atom. The molecule has 0 fully saturated rings. The number of nitrogens with one attached hydrogen (secondary N) is 1. The van der Waals surface area contributed by atoms with Gasteiger partial charge in [-0.15, -0.1) is 0 Å². The number of carbonyl (C=O) groups excluding carboxylic acids is 1. The number of ether oxygens (including phenoxy) is 1. The maximum Gasteiger partial charge on any atom is 0.264 e. The molecular formula is C26H28Cl2N2O4S. The van der Waals surface area contributed by atoms with Gasteiger partial charge in [-0.3, -0.25) is 9.10 Å². The van der Waals surface area contributed by atoms with Gasteiger partial charge in [-0.2, -0.15) is 0 Å². The second kappa shape index (κ2) is 11.8. The van der Waals surface area contributed by atoms with Crippen LogP contribution in [-0.4, -0.2) is 34.0 Å². The molecular weight excluding hydrogens is 507 g/mol. The quantitative estimate of drug-likeness (QED) is 0.332. The Labute approximate surface area is 216 Å². The van der Waals surface area contributed by atoms with Crippen molar-refractivity contribution in [2.45, 2.75) is 31.6 Å². The van der Waals surface area contributed by atoms with E-state index in [4.69, 9.17) is 27.9 Å². The molecule has 0 saturated heterocycles. The van der Waals surface area contributed by atoms with Crippen LogP contribution >= 0.6 is 23.2 Å². The average molecular weight is 535 g/mol. The first-order valence-corrected chi connectivity index (χ1v) is 13.3. The molecule has 0 saturated carbocycles. The summed E-state index contributed by atoms with van der Waals surface area (Å²) >= 11 is 12.5. The Kier molecular flexibility index (Phi) is 9.05. The van der Waals surface area contributed by atoms with E-state index in [1.54, 1.807) is 24.3 Å². The summed E-state index contributed by atoms with van der Waals surface area (Å²) in [5.74, 6) is 0.548. The van der Waals surface area contributed by atoms with Crippen molar-refractivity contribution in [3.63, 3.8) is 0 Å². The van der Waals surface area contributed by atoms with Gasteiger partial charge in [-0.05, 0) is 48.7 Å². The van der Waals surface area contributed by atoms with Crippen molar-refractivity contribution in [2.24, 2.45) is 0 Å². The number of benzene rings is 3. The molecule has 0 aliphatic heterocycles. The van der Waals surface area contributed by atoms with Crippen LogP contribution < -0.4 is 14.4 Å². The van der Waals surface area contributed by atoms with Crippen LogP contribution in [0.15, 0.2) is 71.6 Å². The monoisotopic (exact) mass is 534 g/mol. The number of amides is 1. The summed E-state index contributed by atoms with van der Waals surface area (Å²) in [6.07, 6.45) is 0. The van der Waals surface area contributed by atoms with Crippen molar-refractivity contribution in [1.29, 1.82) is 0 Å². The highest BCUT2D eigenvalue weighted by Gasteiger charge is 2.29. The molecule has 186 valence electrons. The third kappa shape index (κ3) is 6.69. The molecule has 1 amide bonds. The Morgan fingerprint density at radius 1 is 1.00 bits per heavy atom. The molecule has 0 aromatic heterocycles. The summed E-state index contributed by atoms with van der Waals surface area (Å²) < 4.78 is 33.8. The van der Waals surface area contributed by atoms with Crippen molar-refractivity contribution in [2.75, 3.05) is 24.0 Å². The number of nitrogens with zero attached hydrogens (tertiary/aromatic N) is 1. The number of rotatable bonds is 10. The normalized spacial score (nSPS) is 11.4. The lowest BCUT2D eigenvalue weighted by Gasteiger charge is -2.25. The summed E-state index contributed by atoms with van der Waals surface area (Å²) in [6, 6.07) is 18.7. The first kappa shape index (κ1) is 26.9. The van der Waals surface area contributed by atoms with Crippen LogP contribution in [0.2, 0.25) is 10.0 Å². The molecule has 0 atom stereocenters. The number of halogens is 2. The van der Waals surface area contributed by atoms with E-state index in [1.165, 1.54) is 18.2 Å². The maximum absolute atomic E-state index is 13.5. The lowest BCUT2D eigenvalue weighted by atomic mass is 10.0. The smallest absolute Gasteiger partial charge is 0.264 e. The lowest BCUT2D eigenvalue weighted by Crippen LogP contribution is -2.42. The highest BCUT2D eigenvalue weighted by molar-refractivity contribution is 7.92. The number of aryl methyl sites for hydroxylation is 1. The number of hydrogen-bond acceptors (Lipinski definition) is 4. The van der Waals surface area contributed by atoms with Crippen molar-refractivity contribution < 1.29 is 17.9 Å². The third-order valence-corrected chi connectivity index (χ3v) is 7.90. The molecule has 1 N–H and O–H groups in total. The van der Waals surface area contributed by atoms with Gasteiger partial charge >= 0.3 is 0 Å². The lowest BCUT2D eigenvalue weighted by molar-refractivity contribution is -0.119. The zero-order chi connectivity index (χ0) is 25.6. The molecule has 9 heteroatoms. The first-order valence-electron chi connectivity index (χ1n) is 11.1. The Balaban J connectivity index is 1.75. The molecule has 0 spiro atoms. The second-order valence-electron chi connectivity index (χ2n) is 8.29. The topological polar surface area (TPSA) is 75.7 Å². The highest BCUT2D eigenvalue weighted by Crippen LogP contribution is 2.35. The number of sulfonamides is 1. The maximum atomic E-state index is 13.5. The van der Waals surface area contributed by atoms with Crippen molar-refractivity contribution in [1.82, 2.24) is 5.32 Å². The van der Waals surface area contributed by atoms with E-state index in [-0.39, 0.29) is 33.8 Å². The SMILES string of the molecule is Cc1ccc(S(=O)(=O)N(CC(=O)NCCOc2ccccc2C(C)C)c2cccc(Cl)c2Cl)cc1. The van der Waals surface area contributed by atoms with Gasteiger partial charge in [-0.1, -0.05) is 79.0 Å². The number of anilines is 1. The first-order chi connectivity index (χ1) is 16.6. The molecule has 3 aromatic rings. The van der Waals surface area contributed by atoms with E-state index in [2.05, 4.69) is 19.2 Å². The van der Waals surface area contributed by atoms with Gasteiger partial charge in [0, 0.05) is 0 Å². The fourth-order valence-electron chi connectivity index (χ4n) is 3.45. The van der Waals surface area contributed by atoms with Crippen LogP contribution in [0.1, 0.15) is 30.9 Å². The summed E-state index contributed by atoms with van der Waals surface area (Å²) in [5, 5.41) is 2.96. The standard InChI is InChI=1S/C26H28Cl2N2O4S/c1-18(2)21-7-4-5-10-24(21)34-16-15-29-25(31)17-30(23-9-6-8-22(27)26(23)28)35(32,33)20-13-11-19(3)12-14-20/h4-14,18H,15-17H2,1-3H3,(H,29,31). The summed E-state index contributed by atoms with van der Waals surface area (Å²) in [4.78, 5) is 12.8. The van der Waals surface area contributed by atoms with Crippen LogP contribution in [0.4, 0.5) is 5.69 Å². The van der Waals surface area contributed by atoms with Gasteiger partial charge in [0.2, 0.25) is 5.91 Å². The average Bonchev–Trinajstić information content (AvgIpc) is 2.82. The van der Waals surface area contributed by atoms with Gasteiger partial charge in [0.25, 0.3) is 10.0 Å². The van der Waals surface area contributed by atoms with Crippen LogP contribution in [0.25, 0.3) is 0 Å². The molecule has 0 aliphatic rings. The van der Waals surface area contributed by atoms with Gasteiger partial charge < -0.3 is 10.1 Å². The van der Waals surface area contributed by atoms with E-state index < -0.39 is 22.5 Å². The number of carbonyl (C=O) groups is 1. The molecule has 0 heterocycles. The van der Waals surface area contributed by atoms with Crippen molar-refractivity contribution in [3.8, 4) is 5.75 Å². The molecule has 0 unspecified atom stereocenters. The number of para-hydroxylation sites is 1. The molecule has 0 bridgehead atoms. The zero-order valence-electron chi connectivity index (χ0n) is 19.8. The third-order valence-electron chi connectivity index (χ3n) is 5.32. The van der Waals surface area contributed by atoms with Crippen LogP contribution in [0.3, 0.4) is 0 Å². The van der Waals surface area contributed by atoms with Crippen LogP contribution in [-0.2, 0) is 14.8 Å². The molecule has 0 radical (unpaired) electrons. The Bertz CT molecular complexity index is 1280. The fourth-order valence-corrected chi connectivity index (χ4v) is 5.33. The Morgan fingerprint density at radius 3 is 2.37 bits per heavy atom. The van der Waals surface area contributed by atoms with E-state index in [0.717, 1.165) is 21.2 Å².